The van der Waals surface area contributed by atoms with E-state index in [1.54, 1.807) is 20.8 Å². The van der Waals surface area contributed by atoms with Gasteiger partial charge in [0.25, 0.3) is 0 Å². The number of hydrogen-bond acceptors (Lipinski definition) is 4. The lowest BCUT2D eigenvalue weighted by molar-refractivity contribution is -0.139. The van der Waals surface area contributed by atoms with E-state index >= 15 is 0 Å². The molecule has 0 heterocycles. The molecule has 0 spiro atoms. The number of alkyl carbamates (subject to hydrolysis) is 1. The number of carbonyl (C=O) groups is 1. The van der Waals surface area contributed by atoms with Gasteiger partial charge in [0.05, 0.1) is 5.56 Å². The molecule has 0 bridgehead atoms. The molecule has 1 aromatic carbocycles. The van der Waals surface area contributed by atoms with E-state index in [-0.39, 0.29) is 5.02 Å². The standard InChI is InChI=1S/C15H19ClF3NO4/c1-14(2,3)24-13(23)20-7-11(21)12(22)9-5-4-8(16)6-10(9)15(17,18)19/h4-6,11-12,21-22H,7H2,1-3H3,(H,20,23). The molecule has 0 saturated carbocycles. The molecule has 1 amide bonds. The fourth-order valence-electron chi connectivity index (χ4n) is 1.85. The maximum absolute atomic E-state index is 13.0. The molecule has 0 radical (unpaired) electrons. The van der Waals surface area contributed by atoms with Gasteiger partial charge in [0.15, 0.2) is 0 Å². The van der Waals surface area contributed by atoms with Gasteiger partial charge in [-0.3, -0.25) is 0 Å². The van der Waals surface area contributed by atoms with Crippen LogP contribution in [0.25, 0.3) is 0 Å². The van der Waals surface area contributed by atoms with Gasteiger partial charge in [-0.25, -0.2) is 4.79 Å². The molecule has 2 unspecified atom stereocenters. The van der Waals surface area contributed by atoms with E-state index in [4.69, 9.17) is 16.3 Å². The number of hydrogen-bond donors (Lipinski definition) is 3. The van der Waals surface area contributed by atoms with E-state index in [1.807, 2.05) is 0 Å². The number of nitrogens with one attached hydrogen (secondary N) is 1. The predicted molar refractivity (Wildman–Crippen MR) is 81.7 cm³/mol. The van der Waals surface area contributed by atoms with Crippen LogP contribution in [0, 0.1) is 0 Å². The lowest BCUT2D eigenvalue weighted by atomic mass is 9.98. The summed E-state index contributed by atoms with van der Waals surface area (Å²) in [5.74, 6) is 0. The second-order valence-electron chi connectivity index (χ2n) is 6.12. The minimum Gasteiger partial charge on any atom is -0.444 e. The third-order valence-electron chi connectivity index (χ3n) is 2.86. The van der Waals surface area contributed by atoms with Crippen LogP contribution in [0.1, 0.15) is 38.0 Å². The number of benzene rings is 1. The first-order valence-electron chi connectivity index (χ1n) is 7.01. The highest BCUT2D eigenvalue weighted by Crippen LogP contribution is 2.37. The second kappa shape index (κ2) is 7.58. The zero-order valence-corrected chi connectivity index (χ0v) is 14.1. The van der Waals surface area contributed by atoms with Crippen molar-refractivity contribution in [3.63, 3.8) is 0 Å². The van der Waals surface area contributed by atoms with Crippen molar-refractivity contribution in [2.45, 2.75) is 44.8 Å². The van der Waals surface area contributed by atoms with Crippen LogP contribution in [-0.2, 0) is 10.9 Å². The summed E-state index contributed by atoms with van der Waals surface area (Å²) in [5, 5.41) is 21.9. The van der Waals surface area contributed by atoms with Gasteiger partial charge in [-0.1, -0.05) is 17.7 Å². The highest BCUT2D eigenvalue weighted by Gasteiger charge is 2.36. The molecule has 5 nitrogen and oxygen atoms in total. The van der Waals surface area contributed by atoms with Crippen LogP contribution in [0.3, 0.4) is 0 Å². The van der Waals surface area contributed by atoms with Gasteiger partial charge in [-0.2, -0.15) is 13.2 Å². The molecule has 0 aliphatic carbocycles. The zero-order valence-electron chi connectivity index (χ0n) is 13.3. The fourth-order valence-corrected chi connectivity index (χ4v) is 2.02. The summed E-state index contributed by atoms with van der Waals surface area (Å²) in [6.45, 7) is 4.39. The average molecular weight is 370 g/mol. The maximum Gasteiger partial charge on any atom is 0.416 e. The lowest BCUT2D eigenvalue weighted by Crippen LogP contribution is -2.39. The molecule has 0 saturated heterocycles. The van der Waals surface area contributed by atoms with Gasteiger partial charge in [-0.05, 0) is 38.5 Å². The summed E-state index contributed by atoms with van der Waals surface area (Å²) in [6, 6.07) is 2.81. The number of aliphatic hydroxyl groups excluding tert-OH is 2. The van der Waals surface area contributed by atoms with E-state index in [1.165, 1.54) is 6.07 Å². The monoisotopic (exact) mass is 369 g/mol. The summed E-state index contributed by atoms with van der Waals surface area (Å²) in [6.07, 6.45) is -9.14. The molecule has 9 heteroatoms. The number of alkyl halides is 3. The van der Waals surface area contributed by atoms with Gasteiger partial charge < -0.3 is 20.3 Å². The summed E-state index contributed by atoms with van der Waals surface area (Å²) >= 11 is 5.55. The molecular formula is C15H19ClF3NO4. The molecule has 2 atom stereocenters. The first kappa shape index (κ1) is 20.5. The molecule has 0 fully saturated rings. The first-order valence-corrected chi connectivity index (χ1v) is 7.38. The largest absolute Gasteiger partial charge is 0.444 e. The summed E-state index contributed by atoms with van der Waals surface area (Å²) in [7, 11) is 0. The van der Waals surface area contributed by atoms with Crippen molar-refractivity contribution < 1.29 is 32.9 Å². The molecule has 136 valence electrons. The number of amides is 1. The molecule has 1 aromatic rings. The fraction of sp³-hybridized carbons (Fsp3) is 0.533. The number of halogens is 4. The minimum atomic E-state index is -4.75. The van der Waals surface area contributed by atoms with Crippen LogP contribution in [0.15, 0.2) is 18.2 Å². The molecule has 24 heavy (non-hydrogen) atoms. The van der Waals surface area contributed by atoms with E-state index in [2.05, 4.69) is 5.32 Å². The molecule has 0 aliphatic heterocycles. The summed E-state index contributed by atoms with van der Waals surface area (Å²) in [5.41, 5.74) is -2.46. The van der Waals surface area contributed by atoms with E-state index in [0.29, 0.717) is 6.07 Å². The molecule has 3 N–H and O–H groups in total. The topological polar surface area (TPSA) is 78.8 Å². The van der Waals surface area contributed by atoms with Crippen molar-refractivity contribution in [2.24, 2.45) is 0 Å². The van der Waals surface area contributed by atoms with Crippen molar-refractivity contribution in [3.8, 4) is 0 Å². The third-order valence-corrected chi connectivity index (χ3v) is 3.09. The average Bonchev–Trinajstić information content (AvgIpc) is 2.41. The maximum atomic E-state index is 13.0. The zero-order chi connectivity index (χ0) is 18.7. The van der Waals surface area contributed by atoms with Crippen LogP contribution in [0.4, 0.5) is 18.0 Å². The third kappa shape index (κ3) is 6.18. The Balaban J connectivity index is 2.83. The molecule has 0 aliphatic rings. The highest BCUT2D eigenvalue weighted by molar-refractivity contribution is 6.30. The predicted octanol–water partition coefficient (Wildman–Crippen LogP) is 3.28. The normalized spacial score (nSPS) is 14.9. The Labute approximate surface area is 142 Å². The first-order chi connectivity index (χ1) is 10.8. The van der Waals surface area contributed by atoms with Crippen molar-refractivity contribution in [1.29, 1.82) is 0 Å². The van der Waals surface area contributed by atoms with Crippen molar-refractivity contribution >= 4 is 17.7 Å². The smallest absolute Gasteiger partial charge is 0.416 e. The van der Waals surface area contributed by atoms with Crippen LogP contribution in [0.2, 0.25) is 5.02 Å². The lowest BCUT2D eigenvalue weighted by Gasteiger charge is -2.24. The Bertz CT molecular complexity index is 587. The Kier molecular flexibility index (Phi) is 6.49. The van der Waals surface area contributed by atoms with Gasteiger partial charge in [-0.15, -0.1) is 0 Å². The second-order valence-corrected chi connectivity index (χ2v) is 6.56. The number of rotatable bonds is 4. The molecule has 1 rings (SSSR count). The minimum absolute atomic E-state index is 0.153. The van der Waals surface area contributed by atoms with Gasteiger partial charge >= 0.3 is 12.3 Å². The molecule has 0 aromatic heterocycles. The SMILES string of the molecule is CC(C)(C)OC(=O)NCC(O)C(O)c1ccc(Cl)cc1C(F)(F)F. The summed E-state index contributed by atoms with van der Waals surface area (Å²) in [4.78, 5) is 11.5. The highest BCUT2D eigenvalue weighted by atomic mass is 35.5. The number of aliphatic hydroxyl groups is 2. The molecular weight excluding hydrogens is 351 g/mol. The van der Waals surface area contributed by atoms with E-state index < -0.39 is 47.8 Å². The van der Waals surface area contributed by atoms with Crippen LogP contribution < -0.4 is 5.32 Å². The van der Waals surface area contributed by atoms with Crippen LogP contribution in [0.5, 0.6) is 0 Å². The summed E-state index contributed by atoms with van der Waals surface area (Å²) < 4.78 is 44.0. The van der Waals surface area contributed by atoms with Crippen molar-refractivity contribution in [2.75, 3.05) is 6.54 Å². The van der Waals surface area contributed by atoms with Crippen LogP contribution in [-0.4, -0.2) is 34.6 Å². The number of carbonyl (C=O) groups excluding carboxylic acids is 1. The van der Waals surface area contributed by atoms with Crippen molar-refractivity contribution in [3.05, 3.63) is 34.3 Å². The van der Waals surface area contributed by atoms with Gasteiger partial charge in [0.2, 0.25) is 0 Å². The Morgan fingerprint density at radius 2 is 1.88 bits per heavy atom. The van der Waals surface area contributed by atoms with Crippen molar-refractivity contribution in [1.82, 2.24) is 5.32 Å². The van der Waals surface area contributed by atoms with E-state index in [0.717, 1.165) is 6.07 Å². The Morgan fingerprint density at radius 1 is 1.29 bits per heavy atom. The number of ether oxygens (including phenoxy) is 1. The Hall–Kier alpha value is -1.51. The Morgan fingerprint density at radius 3 is 2.38 bits per heavy atom. The van der Waals surface area contributed by atoms with Crippen LogP contribution >= 0.6 is 11.6 Å². The quantitative estimate of drug-likeness (QED) is 0.761. The van der Waals surface area contributed by atoms with Gasteiger partial charge in [0.1, 0.15) is 17.8 Å². The van der Waals surface area contributed by atoms with Gasteiger partial charge in [0, 0.05) is 11.6 Å². The van der Waals surface area contributed by atoms with E-state index in [9.17, 15) is 28.2 Å².